The van der Waals surface area contributed by atoms with Gasteiger partial charge in [0.2, 0.25) is 11.1 Å². The number of rotatable bonds is 5. The number of fused-ring (bicyclic) bond motifs is 1. The van der Waals surface area contributed by atoms with Crippen LogP contribution in [-0.2, 0) is 11.2 Å². The average molecular weight is 432 g/mol. The molecule has 2 heterocycles. The number of carbonyl (C=O) groups is 1. The van der Waals surface area contributed by atoms with Gasteiger partial charge in [0.05, 0.1) is 6.04 Å². The lowest BCUT2D eigenvalue weighted by Crippen LogP contribution is -2.41. The Morgan fingerprint density at radius 2 is 2.07 bits per heavy atom. The molecule has 1 aliphatic heterocycles. The molecular formula is C20H19ClFN5OS. The molecule has 2 atom stereocenters. The number of aromatic nitrogens is 3. The summed E-state index contributed by atoms with van der Waals surface area (Å²) in [6.45, 7) is 2.07. The van der Waals surface area contributed by atoms with Gasteiger partial charge in [-0.15, -0.1) is 10.2 Å². The Kier molecular flexibility index (Phi) is 5.73. The number of halogens is 2. The van der Waals surface area contributed by atoms with Crippen LogP contribution in [0.3, 0.4) is 0 Å². The number of nitrogens with zero attached hydrogens (tertiary/aromatic N) is 3. The summed E-state index contributed by atoms with van der Waals surface area (Å²) in [5.41, 5.74) is 4.76. The Morgan fingerprint density at radius 3 is 2.79 bits per heavy atom. The minimum Gasteiger partial charge on any atom is -0.325 e. The Balaban J connectivity index is 1.66. The Labute approximate surface area is 176 Å². The minimum atomic E-state index is -0.536. The lowest BCUT2D eigenvalue weighted by molar-refractivity contribution is -0.116. The van der Waals surface area contributed by atoms with Crippen LogP contribution in [0.25, 0.3) is 0 Å². The summed E-state index contributed by atoms with van der Waals surface area (Å²) in [6, 6.07) is 12.7. The van der Waals surface area contributed by atoms with Crippen molar-refractivity contribution in [2.45, 2.75) is 36.2 Å². The number of anilines is 1. The van der Waals surface area contributed by atoms with Gasteiger partial charge in [-0.1, -0.05) is 48.5 Å². The number of hydrogen-bond acceptors (Lipinski definition) is 5. The highest BCUT2D eigenvalue weighted by Crippen LogP contribution is 2.37. The Hall–Kier alpha value is -2.58. The van der Waals surface area contributed by atoms with Gasteiger partial charge < -0.3 is 10.7 Å². The van der Waals surface area contributed by atoms with E-state index < -0.39 is 5.25 Å². The van der Waals surface area contributed by atoms with Crippen molar-refractivity contribution in [3.8, 4) is 0 Å². The molecule has 0 aliphatic carbocycles. The van der Waals surface area contributed by atoms with Crippen LogP contribution in [0, 0.1) is 5.82 Å². The van der Waals surface area contributed by atoms with Crippen LogP contribution in [-0.4, -0.2) is 26.0 Å². The largest absolute Gasteiger partial charge is 0.325 e. The maximum absolute atomic E-state index is 13.4. The zero-order valence-electron chi connectivity index (χ0n) is 15.6. The van der Waals surface area contributed by atoms with E-state index >= 15 is 0 Å². The summed E-state index contributed by atoms with van der Waals surface area (Å²) in [7, 11) is 0. The normalized spacial score (nSPS) is 18.0. The zero-order chi connectivity index (χ0) is 20.4. The molecule has 0 unspecified atom stereocenters. The topological polar surface area (TPSA) is 71.8 Å². The SMILES string of the molecule is CCCc1nnc2n1N[C@H](c1ccc(F)cc1)[C@H](C(=O)Nc1cccc(Cl)c1)S2. The Morgan fingerprint density at radius 1 is 1.28 bits per heavy atom. The first-order valence-corrected chi connectivity index (χ1v) is 10.5. The molecule has 1 amide bonds. The first-order valence-electron chi connectivity index (χ1n) is 9.24. The molecule has 29 heavy (non-hydrogen) atoms. The second-order valence-corrected chi connectivity index (χ2v) is 8.23. The van der Waals surface area contributed by atoms with Crippen molar-refractivity contribution in [2.24, 2.45) is 0 Å². The van der Waals surface area contributed by atoms with E-state index in [1.807, 2.05) is 4.68 Å². The molecule has 0 fully saturated rings. The van der Waals surface area contributed by atoms with Gasteiger partial charge in [-0.25, -0.2) is 9.07 Å². The lowest BCUT2D eigenvalue weighted by Gasteiger charge is -2.33. The van der Waals surface area contributed by atoms with E-state index in [2.05, 4.69) is 27.9 Å². The quantitative estimate of drug-likeness (QED) is 0.625. The van der Waals surface area contributed by atoms with Crippen LogP contribution in [0.1, 0.15) is 30.8 Å². The molecule has 2 aromatic carbocycles. The molecule has 9 heteroatoms. The molecule has 1 aliphatic rings. The molecular weight excluding hydrogens is 413 g/mol. The monoisotopic (exact) mass is 431 g/mol. The minimum absolute atomic E-state index is 0.203. The fourth-order valence-corrected chi connectivity index (χ4v) is 4.47. The number of nitrogens with one attached hydrogen (secondary N) is 2. The van der Waals surface area contributed by atoms with Crippen molar-refractivity contribution in [1.82, 2.24) is 14.9 Å². The maximum Gasteiger partial charge on any atom is 0.240 e. The molecule has 0 bridgehead atoms. The van der Waals surface area contributed by atoms with Crippen molar-refractivity contribution in [2.75, 3.05) is 10.7 Å². The molecule has 0 spiro atoms. The second kappa shape index (κ2) is 8.42. The summed E-state index contributed by atoms with van der Waals surface area (Å²) in [6.07, 6.45) is 1.68. The van der Waals surface area contributed by atoms with Crippen LogP contribution < -0.4 is 10.7 Å². The van der Waals surface area contributed by atoms with Crippen molar-refractivity contribution < 1.29 is 9.18 Å². The lowest BCUT2D eigenvalue weighted by atomic mass is 10.0. The van der Waals surface area contributed by atoms with E-state index in [-0.39, 0.29) is 17.8 Å². The highest BCUT2D eigenvalue weighted by molar-refractivity contribution is 8.00. The highest BCUT2D eigenvalue weighted by Gasteiger charge is 2.37. The third-order valence-corrected chi connectivity index (χ3v) is 6.01. The Bertz CT molecular complexity index is 1030. The molecule has 3 aromatic rings. The van der Waals surface area contributed by atoms with Crippen molar-refractivity contribution >= 4 is 35.0 Å². The molecule has 4 rings (SSSR count). The molecule has 0 saturated heterocycles. The third kappa shape index (κ3) is 4.23. The predicted octanol–water partition coefficient (Wildman–Crippen LogP) is 4.42. The first kappa shape index (κ1) is 19.7. The molecule has 6 nitrogen and oxygen atoms in total. The number of carbonyl (C=O) groups excluding carboxylic acids is 1. The molecule has 1 aromatic heterocycles. The highest BCUT2D eigenvalue weighted by atomic mass is 35.5. The van der Waals surface area contributed by atoms with E-state index in [1.165, 1.54) is 23.9 Å². The van der Waals surface area contributed by atoms with Gasteiger partial charge >= 0.3 is 0 Å². The van der Waals surface area contributed by atoms with E-state index in [4.69, 9.17) is 11.6 Å². The third-order valence-electron chi connectivity index (χ3n) is 4.56. The predicted molar refractivity (Wildman–Crippen MR) is 112 cm³/mol. The van der Waals surface area contributed by atoms with Crippen LogP contribution in [0.15, 0.2) is 53.7 Å². The fourth-order valence-electron chi connectivity index (χ4n) is 3.18. The second-order valence-electron chi connectivity index (χ2n) is 6.68. The fraction of sp³-hybridized carbons (Fsp3) is 0.250. The van der Waals surface area contributed by atoms with E-state index in [0.717, 1.165) is 24.2 Å². The summed E-state index contributed by atoms with van der Waals surface area (Å²) in [5, 5.41) is 12.0. The van der Waals surface area contributed by atoms with Gasteiger partial charge in [0.15, 0.2) is 5.82 Å². The first-order chi connectivity index (χ1) is 14.0. The van der Waals surface area contributed by atoms with E-state index in [9.17, 15) is 9.18 Å². The summed E-state index contributed by atoms with van der Waals surface area (Å²) < 4.78 is 15.3. The van der Waals surface area contributed by atoms with Crippen LogP contribution >= 0.6 is 23.4 Å². The van der Waals surface area contributed by atoms with Gasteiger partial charge in [0.25, 0.3) is 0 Å². The summed E-state index contributed by atoms with van der Waals surface area (Å²) in [5.74, 6) is 0.273. The molecule has 150 valence electrons. The summed E-state index contributed by atoms with van der Waals surface area (Å²) >= 11 is 7.36. The maximum atomic E-state index is 13.4. The van der Waals surface area contributed by atoms with Gasteiger partial charge in [-0.2, -0.15) is 0 Å². The van der Waals surface area contributed by atoms with Gasteiger partial charge in [0, 0.05) is 17.1 Å². The van der Waals surface area contributed by atoms with Crippen LogP contribution in [0.5, 0.6) is 0 Å². The molecule has 0 radical (unpaired) electrons. The number of amides is 1. The average Bonchev–Trinajstić information content (AvgIpc) is 3.10. The number of benzene rings is 2. The zero-order valence-corrected chi connectivity index (χ0v) is 17.2. The summed E-state index contributed by atoms with van der Waals surface area (Å²) in [4.78, 5) is 13.1. The van der Waals surface area contributed by atoms with Crippen molar-refractivity contribution in [3.63, 3.8) is 0 Å². The van der Waals surface area contributed by atoms with Crippen molar-refractivity contribution in [1.29, 1.82) is 0 Å². The van der Waals surface area contributed by atoms with Crippen LogP contribution in [0.4, 0.5) is 10.1 Å². The molecule has 0 saturated carbocycles. The number of aryl methyl sites for hydroxylation is 1. The smallest absolute Gasteiger partial charge is 0.240 e. The van der Waals surface area contributed by atoms with E-state index in [1.54, 1.807) is 36.4 Å². The van der Waals surface area contributed by atoms with Gasteiger partial charge in [0.1, 0.15) is 11.1 Å². The van der Waals surface area contributed by atoms with E-state index in [0.29, 0.717) is 15.9 Å². The van der Waals surface area contributed by atoms with Crippen molar-refractivity contribution in [3.05, 3.63) is 70.8 Å². The van der Waals surface area contributed by atoms with Gasteiger partial charge in [-0.05, 0) is 42.3 Å². The standard InChI is InChI=1S/C20H19ClFN5OS/c1-2-4-16-24-25-20-27(16)26-17(12-7-9-14(22)10-8-12)18(29-20)19(28)23-15-6-3-5-13(21)11-15/h3,5-11,17-18,26H,2,4H2,1H3,(H,23,28)/t17-,18-/m1/s1. The number of hydrogen-bond donors (Lipinski definition) is 2. The number of thioether (sulfide) groups is 1. The van der Waals surface area contributed by atoms with Gasteiger partial charge in [-0.3, -0.25) is 4.79 Å². The van der Waals surface area contributed by atoms with Crippen LogP contribution in [0.2, 0.25) is 5.02 Å². The molecule has 2 N–H and O–H groups in total.